The number of rotatable bonds is 27. The number of hydrogen-bond donors (Lipinski definition) is 9. The minimum atomic E-state index is -5.08. The van der Waals surface area contributed by atoms with Crippen LogP contribution in [0.25, 0.3) is 0 Å². The molecule has 0 saturated carbocycles. The lowest BCUT2D eigenvalue weighted by Crippen LogP contribution is -2.59. The zero-order valence-electron chi connectivity index (χ0n) is 42.1. The van der Waals surface area contributed by atoms with Crippen molar-refractivity contribution in [3.63, 3.8) is 0 Å². The molecule has 2 fully saturated rings. The molecule has 4 rings (SSSR count). The summed E-state index contributed by atoms with van der Waals surface area (Å²) >= 11 is 0. The molecule has 0 unspecified atom stereocenters. The fourth-order valence-electron chi connectivity index (χ4n) is 8.44. The van der Waals surface area contributed by atoms with Crippen LogP contribution >= 0.6 is 0 Å². The number of aromatic nitrogens is 2. The number of halogens is 6. The molecule has 0 aromatic carbocycles. The van der Waals surface area contributed by atoms with Gasteiger partial charge in [-0.25, -0.2) is 14.4 Å². The summed E-state index contributed by atoms with van der Waals surface area (Å²) in [5.41, 5.74) is 4.22. The maximum Gasteiger partial charge on any atom is 0.490 e. The summed E-state index contributed by atoms with van der Waals surface area (Å²) in [6, 6.07) is -0.265. The number of ether oxygens (including phenoxy) is 3. The number of carboxylic acid groups (broad SMARTS) is 2. The Labute approximate surface area is 425 Å². The zero-order chi connectivity index (χ0) is 55.8. The van der Waals surface area contributed by atoms with Gasteiger partial charge in [0.2, 0.25) is 5.91 Å². The smallest absolute Gasteiger partial charge is 0.475 e. The van der Waals surface area contributed by atoms with Crippen LogP contribution in [-0.2, 0) is 33.4 Å². The normalized spacial score (nSPS) is 24.8. The van der Waals surface area contributed by atoms with Gasteiger partial charge in [0.05, 0.1) is 0 Å². The number of aromatic amines is 1. The Morgan fingerprint density at radius 3 is 1.62 bits per heavy atom. The van der Waals surface area contributed by atoms with Gasteiger partial charge in [0, 0.05) is 38.9 Å². The quantitative estimate of drug-likeness (QED) is 0.0450. The number of carbonyl (C=O) groups excluding carboxylic acids is 2. The molecule has 1 aromatic heterocycles. The first kappa shape index (κ1) is 65.6. The van der Waals surface area contributed by atoms with Crippen LogP contribution in [0.1, 0.15) is 135 Å². The summed E-state index contributed by atoms with van der Waals surface area (Å²) < 4.78 is 82.2. The lowest BCUT2D eigenvalue weighted by molar-refractivity contribution is -0.232. The number of nitrogens with zero attached hydrogens (tertiary/aromatic N) is 3. The molecule has 0 aliphatic carbocycles. The van der Waals surface area contributed by atoms with E-state index in [9.17, 15) is 65.9 Å². The molecule has 4 heterocycles. The largest absolute Gasteiger partial charge is 0.490 e. The van der Waals surface area contributed by atoms with Crippen molar-refractivity contribution < 1.29 is 90.4 Å². The molecule has 3 aliphatic rings. The first-order valence-corrected chi connectivity index (χ1v) is 25.1. The fourth-order valence-corrected chi connectivity index (χ4v) is 8.44. The van der Waals surface area contributed by atoms with Crippen LogP contribution in [0.4, 0.5) is 26.3 Å². The topological polar surface area (TPSA) is 317 Å². The Bertz CT molecular complexity index is 1990. The number of carbonyl (C=O) groups is 4. The maximum atomic E-state index is 14.3. The first-order chi connectivity index (χ1) is 34.8. The first-order valence-electron chi connectivity index (χ1n) is 25.1. The van der Waals surface area contributed by atoms with E-state index in [1.807, 2.05) is 0 Å². The molecule has 426 valence electrons. The predicted octanol–water partition coefficient (Wildman–Crippen LogP) is 3.42. The van der Waals surface area contributed by atoms with E-state index in [0.29, 0.717) is 6.54 Å². The molecule has 27 heteroatoms. The van der Waals surface area contributed by atoms with E-state index in [4.69, 9.17) is 39.7 Å². The molecule has 10 N–H and O–H groups in total. The van der Waals surface area contributed by atoms with Crippen molar-refractivity contribution in [3.8, 4) is 0 Å². The van der Waals surface area contributed by atoms with Gasteiger partial charge in [0.25, 0.3) is 11.5 Å². The molecule has 21 nitrogen and oxygen atoms in total. The average Bonchev–Trinajstić information content (AvgIpc) is 3.73. The standard InChI is InChI=1S/C43H74N6O11.2C2HF3O2/c1-4-5-6-7-8-9-10-11-12-13-14-15-16-17-18-19-20-21-22-25-45-39(55)29-23-26-47(2)32(40(56)48(29)3)37(60-42-36(54)33(51)30(28-44)58-42)38-34(52)35(53)41(59-38)49-27-24-31(50)46-43(49)57;2*3-2(4,5)1(6)7/h23-24,27,30,32-38,41-42,51-54H,4-22,25-26,28,44H2,1-3H3,(H,45,55)(H,46,50,57);2*(H,6,7)/t30-,32+,33-,34+,35-,36-,37+,38+,41-,42+;;/m1../s1. The molecule has 10 atom stereocenters. The van der Waals surface area contributed by atoms with Crippen LogP contribution in [0.2, 0.25) is 0 Å². The number of alkyl halides is 6. The van der Waals surface area contributed by atoms with Gasteiger partial charge in [-0.3, -0.25) is 28.8 Å². The minimum absolute atomic E-state index is 0.0684. The minimum Gasteiger partial charge on any atom is -0.475 e. The van der Waals surface area contributed by atoms with Crippen molar-refractivity contribution >= 4 is 23.8 Å². The third kappa shape index (κ3) is 21.6. The van der Waals surface area contributed by atoms with Crippen LogP contribution in [-0.4, -0.2) is 175 Å². The molecule has 2 saturated heterocycles. The second-order valence-corrected chi connectivity index (χ2v) is 18.4. The van der Waals surface area contributed by atoms with Gasteiger partial charge in [-0.05, 0) is 19.5 Å². The number of carboxylic acids is 2. The van der Waals surface area contributed by atoms with Crippen molar-refractivity contribution in [2.24, 2.45) is 5.73 Å². The number of likely N-dealkylation sites (N-methyl/N-ethyl adjacent to an activating group) is 2. The average molecular weight is 1080 g/mol. The Morgan fingerprint density at radius 2 is 1.20 bits per heavy atom. The number of aliphatic carboxylic acids is 2. The number of H-pyrrole nitrogens is 1. The molecular formula is C47H76F6N6O15. The molecule has 0 bridgehead atoms. The molecule has 1 aromatic rings. The van der Waals surface area contributed by atoms with Crippen LogP contribution in [0.5, 0.6) is 0 Å². The third-order valence-corrected chi connectivity index (χ3v) is 12.7. The van der Waals surface area contributed by atoms with E-state index in [1.165, 1.54) is 115 Å². The van der Waals surface area contributed by atoms with Gasteiger partial charge in [-0.1, -0.05) is 122 Å². The van der Waals surface area contributed by atoms with Crippen LogP contribution in [0.15, 0.2) is 33.6 Å². The summed E-state index contributed by atoms with van der Waals surface area (Å²) in [5.74, 6) is -6.59. The van der Waals surface area contributed by atoms with E-state index < -0.39 is 109 Å². The van der Waals surface area contributed by atoms with Crippen LogP contribution in [0.3, 0.4) is 0 Å². The van der Waals surface area contributed by atoms with Gasteiger partial charge < -0.3 is 60.8 Å². The van der Waals surface area contributed by atoms with Gasteiger partial charge in [0.1, 0.15) is 54.5 Å². The van der Waals surface area contributed by atoms with Gasteiger partial charge in [-0.2, -0.15) is 26.3 Å². The Kier molecular flexibility index (Phi) is 29.1. The van der Waals surface area contributed by atoms with E-state index in [0.717, 1.165) is 36.1 Å². The highest BCUT2D eigenvalue weighted by Crippen LogP contribution is 2.36. The lowest BCUT2D eigenvalue weighted by atomic mass is 9.97. The summed E-state index contributed by atoms with van der Waals surface area (Å²) in [5, 5.41) is 60.9. The van der Waals surface area contributed by atoms with E-state index in [1.54, 1.807) is 18.0 Å². The number of nitrogens with two attached hydrogens (primary N) is 1. The van der Waals surface area contributed by atoms with Gasteiger partial charge in [-0.15, -0.1) is 0 Å². The Morgan fingerprint density at radius 1 is 0.743 bits per heavy atom. The number of aliphatic hydroxyl groups is 4. The molecule has 3 aliphatic heterocycles. The lowest BCUT2D eigenvalue weighted by Gasteiger charge is -2.38. The second kappa shape index (κ2) is 32.8. The van der Waals surface area contributed by atoms with E-state index >= 15 is 0 Å². The molecular weight excluding hydrogens is 1000 g/mol. The monoisotopic (exact) mass is 1080 g/mol. The van der Waals surface area contributed by atoms with Crippen molar-refractivity contribution in [3.05, 3.63) is 44.9 Å². The number of amides is 2. The highest BCUT2D eigenvalue weighted by molar-refractivity contribution is 5.99. The second-order valence-electron chi connectivity index (χ2n) is 18.4. The van der Waals surface area contributed by atoms with Crippen molar-refractivity contribution in [2.75, 3.05) is 33.7 Å². The number of unbranched alkanes of at least 4 members (excludes halogenated alkanes) is 18. The predicted molar refractivity (Wildman–Crippen MR) is 253 cm³/mol. The van der Waals surface area contributed by atoms with Gasteiger partial charge in [0.15, 0.2) is 12.5 Å². The molecule has 0 radical (unpaired) electrons. The van der Waals surface area contributed by atoms with E-state index in [-0.39, 0.29) is 18.8 Å². The van der Waals surface area contributed by atoms with Gasteiger partial charge >= 0.3 is 30.0 Å². The molecule has 0 spiro atoms. The number of nitrogens with one attached hydrogen (secondary N) is 2. The van der Waals surface area contributed by atoms with Crippen molar-refractivity contribution in [2.45, 2.75) is 203 Å². The summed E-state index contributed by atoms with van der Waals surface area (Å²) in [4.78, 5) is 74.7. The molecule has 74 heavy (non-hydrogen) atoms. The Balaban J connectivity index is 0.00000117. The zero-order valence-corrected chi connectivity index (χ0v) is 42.1. The third-order valence-electron chi connectivity index (χ3n) is 12.7. The fraction of sp³-hybridized carbons (Fsp3) is 0.787. The highest BCUT2D eigenvalue weighted by atomic mass is 19.4. The summed E-state index contributed by atoms with van der Waals surface area (Å²) in [6.07, 6.45) is 3.15. The SMILES string of the molecule is CCCCCCCCCCCCCCCCCCCCCNC(=O)C1=CCN(C)[C@@H]([C@H](O[C@@H]2O[C@H](CN)[C@@H](O)[C@H]2O)[C@H]2O[C@@H](n3ccc(=O)[nH]c3=O)[C@H](O)[C@@H]2O)C(=O)N1C.O=C(O)C(F)(F)F.O=C(O)C(F)(F)F. The molecule has 2 amide bonds. The van der Waals surface area contributed by atoms with Crippen LogP contribution < -0.4 is 22.3 Å². The maximum absolute atomic E-state index is 14.3. The van der Waals surface area contributed by atoms with E-state index in [2.05, 4.69) is 17.2 Å². The van der Waals surface area contributed by atoms with Crippen molar-refractivity contribution in [1.82, 2.24) is 24.7 Å². The van der Waals surface area contributed by atoms with Crippen molar-refractivity contribution in [1.29, 1.82) is 0 Å². The number of hydrogen-bond acceptors (Lipinski definition) is 15. The number of aliphatic hydroxyl groups excluding tert-OH is 4. The summed E-state index contributed by atoms with van der Waals surface area (Å²) in [6.45, 7) is 2.61. The highest BCUT2D eigenvalue weighted by Gasteiger charge is 2.55. The Hall–Kier alpha value is -4.48. The summed E-state index contributed by atoms with van der Waals surface area (Å²) in [7, 11) is 3.03. The van der Waals surface area contributed by atoms with Crippen LogP contribution in [0, 0.1) is 0 Å².